The zero-order valence-corrected chi connectivity index (χ0v) is 24.2. The van der Waals surface area contributed by atoms with Gasteiger partial charge in [0.1, 0.15) is 0 Å². The maximum atomic E-state index is 13.0. The van der Waals surface area contributed by atoms with Crippen LogP contribution in [0.25, 0.3) is 0 Å². The lowest BCUT2D eigenvalue weighted by Gasteiger charge is -2.32. The van der Waals surface area contributed by atoms with E-state index in [2.05, 4.69) is 15.2 Å². The molecule has 1 amide bonds. The summed E-state index contributed by atoms with van der Waals surface area (Å²) in [6.07, 6.45) is -0.0996. The van der Waals surface area contributed by atoms with Crippen molar-refractivity contribution in [2.24, 2.45) is 5.10 Å². The number of hydrazone groups is 1. The highest BCUT2D eigenvalue weighted by Crippen LogP contribution is 2.35. The third-order valence-corrected chi connectivity index (χ3v) is 8.75. The summed E-state index contributed by atoms with van der Waals surface area (Å²) in [4.78, 5) is 28.2. The standard InChI is InChI=1S/C30H26N4O7S2/c35-29(21-7-3-1-4-8-21)20-30(36)31-22-11-13-24(14-12-22)42(37,38)33-32-27-17-18-34(23-9-5-2-6-10-23)28-16-15-25(19-26(27)28)43(39,40)41/h1-16,19,33H,17-18,20H2,(H,31,36)(H,39,40,41). The van der Waals surface area contributed by atoms with E-state index in [0.29, 0.717) is 29.0 Å². The molecule has 0 saturated heterocycles. The molecule has 11 nitrogen and oxygen atoms in total. The number of rotatable bonds is 9. The highest BCUT2D eigenvalue weighted by atomic mass is 32.2. The lowest BCUT2D eigenvalue weighted by atomic mass is 9.99. The third-order valence-electron chi connectivity index (χ3n) is 6.67. The number of carbonyl (C=O) groups excluding carboxylic acids is 2. The van der Waals surface area contributed by atoms with E-state index in [0.717, 1.165) is 5.69 Å². The second kappa shape index (κ2) is 12.2. The molecule has 0 atom stereocenters. The van der Waals surface area contributed by atoms with Gasteiger partial charge in [-0.25, -0.2) is 0 Å². The number of nitrogens with one attached hydrogen (secondary N) is 2. The van der Waals surface area contributed by atoms with Gasteiger partial charge in [-0.15, -0.1) is 0 Å². The van der Waals surface area contributed by atoms with Gasteiger partial charge in [0.2, 0.25) is 5.91 Å². The number of fused-ring (bicyclic) bond motifs is 1. The molecule has 1 heterocycles. The van der Waals surface area contributed by atoms with Crippen molar-refractivity contribution >= 4 is 54.6 Å². The van der Waals surface area contributed by atoms with Crippen LogP contribution in [0.2, 0.25) is 0 Å². The Bertz CT molecular complexity index is 1910. The summed E-state index contributed by atoms with van der Waals surface area (Å²) in [5.74, 6) is -0.890. The topological polar surface area (TPSA) is 162 Å². The van der Waals surface area contributed by atoms with E-state index in [1.807, 2.05) is 35.2 Å². The Morgan fingerprint density at radius 3 is 2.09 bits per heavy atom. The minimum absolute atomic E-state index is 0.135. The first-order valence-electron chi connectivity index (χ1n) is 13.0. The van der Waals surface area contributed by atoms with Crippen LogP contribution < -0.4 is 15.0 Å². The number of nitrogens with zero attached hydrogens (tertiary/aromatic N) is 2. The predicted octanol–water partition coefficient (Wildman–Crippen LogP) is 4.37. The molecule has 1 aliphatic heterocycles. The molecule has 0 spiro atoms. The van der Waals surface area contributed by atoms with Crippen molar-refractivity contribution in [3.63, 3.8) is 0 Å². The van der Waals surface area contributed by atoms with Gasteiger partial charge in [-0.1, -0.05) is 48.5 Å². The van der Waals surface area contributed by atoms with Crippen molar-refractivity contribution in [1.82, 2.24) is 4.83 Å². The first-order valence-corrected chi connectivity index (χ1v) is 15.9. The minimum Gasteiger partial charge on any atom is -0.341 e. The average Bonchev–Trinajstić information content (AvgIpc) is 3.00. The first-order chi connectivity index (χ1) is 20.5. The van der Waals surface area contributed by atoms with Crippen molar-refractivity contribution in [1.29, 1.82) is 0 Å². The Morgan fingerprint density at radius 1 is 0.814 bits per heavy atom. The molecular formula is C30H26N4O7S2. The quantitative estimate of drug-likeness (QED) is 0.108. The van der Waals surface area contributed by atoms with E-state index >= 15 is 0 Å². The lowest BCUT2D eigenvalue weighted by Crippen LogP contribution is -2.30. The number of amides is 1. The number of Topliss-reactive ketones (excluding diaryl/α,β-unsaturated/α-hetero) is 1. The molecule has 0 aromatic heterocycles. The first kappa shape index (κ1) is 29.6. The maximum absolute atomic E-state index is 13.0. The number of hydrogen-bond acceptors (Lipinski definition) is 8. The van der Waals surface area contributed by atoms with E-state index in [1.165, 1.54) is 42.5 Å². The van der Waals surface area contributed by atoms with Crippen molar-refractivity contribution in [2.75, 3.05) is 16.8 Å². The molecule has 5 rings (SSSR count). The zero-order valence-electron chi connectivity index (χ0n) is 22.5. The average molecular weight is 619 g/mol. The molecule has 0 radical (unpaired) electrons. The van der Waals surface area contributed by atoms with E-state index in [1.54, 1.807) is 30.3 Å². The summed E-state index contributed by atoms with van der Waals surface area (Å²) in [5.41, 5.74) is 2.78. The molecule has 4 aromatic carbocycles. The normalized spacial score (nSPS) is 14.2. The largest absolute Gasteiger partial charge is 0.341 e. The number of carbonyl (C=O) groups is 2. The van der Waals surface area contributed by atoms with E-state index in [-0.39, 0.29) is 34.1 Å². The highest BCUT2D eigenvalue weighted by molar-refractivity contribution is 7.89. The summed E-state index contributed by atoms with van der Waals surface area (Å²) >= 11 is 0. The van der Waals surface area contributed by atoms with Crippen LogP contribution >= 0.6 is 0 Å². The maximum Gasteiger partial charge on any atom is 0.294 e. The van der Waals surface area contributed by atoms with E-state index in [4.69, 9.17) is 0 Å². The molecule has 0 aliphatic carbocycles. The fourth-order valence-corrected chi connectivity index (χ4v) is 5.91. The Kier molecular flexibility index (Phi) is 8.39. The van der Waals surface area contributed by atoms with Crippen molar-refractivity contribution in [3.8, 4) is 0 Å². The zero-order chi connectivity index (χ0) is 30.6. The number of hydrogen-bond donors (Lipinski definition) is 3. The number of anilines is 3. The molecule has 13 heteroatoms. The summed E-state index contributed by atoms with van der Waals surface area (Å²) in [6, 6.07) is 27.2. The van der Waals surface area contributed by atoms with Crippen LogP contribution in [0.3, 0.4) is 0 Å². The van der Waals surface area contributed by atoms with Crippen LogP contribution in [-0.2, 0) is 24.9 Å². The van der Waals surface area contributed by atoms with Gasteiger partial charge in [0.25, 0.3) is 20.1 Å². The molecule has 0 bridgehead atoms. The Balaban J connectivity index is 1.33. The van der Waals surface area contributed by atoms with E-state index < -0.39 is 26.0 Å². The van der Waals surface area contributed by atoms with Gasteiger partial charge in [-0.05, 0) is 54.6 Å². The third kappa shape index (κ3) is 6.97. The lowest BCUT2D eigenvalue weighted by molar-refractivity contribution is -0.115. The highest BCUT2D eigenvalue weighted by Gasteiger charge is 2.26. The van der Waals surface area contributed by atoms with Gasteiger partial charge in [0.15, 0.2) is 5.78 Å². The number of sulfonamides is 1. The summed E-state index contributed by atoms with van der Waals surface area (Å²) in [5, 5.41) is 6.70. The van der Waals surface area contributed by atoms with Gasteiger partial charge >= 0.3 is 0 Å². The number of benzene rings is 4. The molecule has 43 heavy (non-hydrogen) atoms. The molecule has 3 N–H and O–H groups in total. The predicted molar refractivity (Wildman–Crippen MR) is 162 cm³/mol. The second-order valence-electron chi connectivity index (χ2n) is 9.58. The van der Waals surface area contributed by atoms with Crippen LogP contribution in [0.1, 0.15) is 28.8 Å². The van der Waals surface area contributed by atoms with Crippen molar-refractivity contribution in [3.05, 3.63) is 114 Å². The second-order valence-corrected chi connectivity index (χ2v) is 12.7. The smallest absolute Gasteiger partial charge is 0.294 e. The Labute approximate surface area is 248 Å². The molecule has 4 aromatic rings. The number of para-hydroxylation sites is 1. The van der Waals surface area contributed by atoms with Crippen LogP contribution in [0.4, 0.5) is 17.1 Å². The molecule has 220 valence electrons. The van der Waals surface area contributed by atoms with E-state index in [9.17, 15) is 31.0 Å². The van der Waals surface area contributed by atoms with Crippen molar-refractivity contribution in [2.45, 2.75) is 22.6 Å². The number of ketones is 1. The van der Waals surface area contributed by atoms with Gasteiger partial charge < -0.3 is 10.2 Å². The Morgan fingerprint density at radius 2 is 1.44 bits per heavy atom. The van der Waals surface area contributed by atoms with Crippen molar-refractivity contribution < 1.29 is 31.0 Å². The monoisotopic (exact) mass is 618 g/mol. The Hall–Kier alpha value is -4.85. The SMILES string of the molecule is O=C(CC(=O)c1ccccc1)Nc1ccc(S(=O)(=O)NN=C2CCN(c3ccccc3)c3ccc(S(=O)(=O)O)cc32)cc1. The minimum atomic E-state index is -4.52. The van der Waals surface area contributed by atoms with Gasteiger partial charge in [-0.2, -0.15) is 26.8 Å². The molecule has 0 fully saturated rings. The molecule has 0 unspecified atom stereocenters. The molecular weight excluding hydrogens is 592 g/mol. The molecule has 1 aliphatic rings. The van der Waals surface area contributed by atoms with Crippen LogP contribution in [0, 0.1) is 0 Å². The fourth-order valence-electron chi connectivity index (χ4n) is 4.57. The van der Waals surface area contributed by atoms with Crippen LogP contribution in [0.5, 0.6) is 0 Å². The molecule has 0 saturated carbocycles. The van der Waals surface area contributed by atoms with Gasteiger partial charge in [0, 0.05) is 35.5 Å². The van der Waals surface area contributed by atoms with Gasteiger partial charge in [0.05, 0.1) is 27.6 Å². The fraction of sp³-hybridized carbons (Fsp3) is 0.100. The van der Waals surface area contributed by atoms with Crippen LogP contribution in [-0.4, -0.2) is 45.3 Å². The van der Waals surface area contributed by atoms with Crippen LogP contribution in [0.15, 0.2) is 118 Å². The summed E-state index contributed by atoms with van der Waals surface area (Å²) < 4.78 is 59.4. The summed E-state index contributed by atoms with van der Waals surface area (Å²) in [6.45, 7) is 0.434. The summed E-state index contributed by atoms with van der Waals surface area (Å²) in [7, 11) is -8.68. The van der Waals surface area contributed by atoms with Gasteiger partial charge in [-0.3, -0.25) is 14.1 Å².